The number of hydrogen-bond acceptors (Lipinski definition) is 4. The van der Waals surface area contributed by atoms with Crippen LogP contribution in [0.5, 0.6) is 0 Å². The van der Waals surface area contributed by atoms with Crippen LogP contribution in [0.25, 0.3) is 0 Å². The molecular formula is C6H9NO3. The van der Waals surface area contributed by atoms with Gasteiger partial charge in [-0.1, -0.05) is 0 Å². The van der Waals surface area contributed by atoms with Gasteiger partial charge in [0.2, 0.25) is 11.6 Å². The summed E-state index contributed by atoms with van der Waals surface area (Å²) in [6, 6.07) is -0.419. The molecule has 0 radical (unpaired) electrons. The van der Waals surface area contributed by atoms with Crippen molar-refractivity contribution in [1.82, 2.24) is 5.32 Å². The number of carbonyl (C=O) groups is 2. The van der Waals surface area contributed by atoms with E-state index in [9.17, 15) is 9.59 Å². The highest BCUT2D eigenvalue weighted by Crippen LogP contribution is 2.13. The highest BCUT2D eigenvalue weighted by molar-refractivity contribution is 6.48. The molecule has 1 aliphatic rings. The molecule has 0 aliphatic heterocycles. The number of likely N-dealkylation sites (N-methyl/N-ethyl adjacent to an activating group) is 1. The summed E-state index contributed by atoms with van der Waals surface area (Å²) in [5.41, 5.74) is 0. The van der Waals surface area contributed by atoms with E-state index in [-0.39, 0.29) is 5.78 Å². The average Bonchev–Trinajstić information content (AvgIpc) is 1.97. The molecule has 0 heterocycles. The smallest absolute Gasteiger partial charge is 0.230 e. The summed E-state index contributed by atoms with van der Waals surface area (Å²) in [7, 11) is 3.04. The van der Waals surface area contributed by atoms with Gasteiger partial charge in [-0.3, -0.25) is 9.59 Å². The van der Waals surface area contributed by atoms with Crippen LogP contribution in [0.4, 0.5) is 0 Å². The molecule has 1 aliphatic carbocycles. The lowest BCUT2D eigenvalue weighted by Gasteiger charge is -2.30. The van der Waals surface area contributed by atoms with Crippen LogP contribution in [0.2, 0.25) is 0 Å². The van der Waals surface area contributed by atoms with Gasteiger partial charge in [-0.25, -0.2) is 0 Å². The van der Waals surface area contributed by atoms with E-state index in [0.29, 0.717) is 0 Å². The van der Waals surface area contributed by atoms with Gasteiger partial charge in [0.25, 0.3) is 0 Å². The van der Waals surface area contributed by atoms with Crippen molar-refractivity contribution >= 4 is 11.6 Å². The maximum Gasteiger partial charge on any atom is 0.230 e. The first-order valence-electron chi connectivity index (χ1n) is 3.00. The Morgan fingerprint density at radius 2 is 2.00 bits per heavy atom. The van der Waals surface area contributed by atoms with Crippen molar-refractivity contribution in [3.63, 3.8) is 0 Å². The summed E-state index contributed by atoms with van der Waals surface area (Å²) in [6.07, 6.45) is -0.558. The fourth-order valence-electron chi connectivity index (χ4n) is 1.01. The molecular weight excluding hydrogens is 134 g/mol. The number of ketones is 2. The summed E-state index contributed by atoms with van der Waals surface area (Å²) in [5, 5.41) is 2.69. The molecule has 0 spiro atoms. The average molecular weight is 143 g/mol. The lowest BCUT2D eigenvalue weighted by atomic mass is 9.86. The molecule has 1 rings (SSSR count). The number of rotatable bonds is 2. The monoisotopic (exact) mass is 143 g/mol. The Kier molecular flexibility index (Phi) is 1.82. The molecule has 10 heavy (non-hydrogen) atoms. The van der Waals surface area contributed by atoms with Gasteiger partial charge in [-0.05, 0) is 7.05 Å². The highest BCUT2D eigenvalue weighted by atomic mass is 16.5. The molecule has 1 N–H and O–H groups in total. The van der Waals surface area contributed by atoms with Gasteiger partial charge in [0.15, 0.2) is 0 Å². The van der Waals surface area contributed by atoms with Crippen molar-refractivity contribution in [3.8, 4) is 0 Å². The maximum atomic E-state index is 10.7. The molecule has 56 valence electrons. The number of methoxy groups -OCH3 is 1. The van der Waals surface area contributed by atoms with Gasteiger partial charge in [0.05, 0.1) is 0 Å². The van der Waals surface area contributed by atoms with Crippen molar-refractivity contribution in [2.75, 3.05) is 14.2 Å². The second-order valence-corrected chi connectivity index (χ2v) is 2.15. The van der Waals surface area contributed by atoms with Crippen molar-refractivity contribution in [1.29, 1.82) is 0 Å². The molecule has 0 aromatic carbocycles. The van der Waals surface area contributed by atoms with Gasteiger partial charge >= 0.3 is 0 Å². The molecule has 0 saturated heterocycles. The van der Waals surface area contributed by atoms with Gasteiger partial charge in [-0.15, -0.1) is 0 Å². The fourth-order valence-corrected chi connectivity index (χ4v) is 1.01. The molecule has 0 bridgehead atoms. The van der Waals surface area contributed by atoms with E-state index < -0.39 is 17.9 Å². The molecule has 4 heteroatoms. The van der Waals surface area contributed by atoms with Crippen LogP contribution in [-0.2, 0) is 14.3 Å². The van der Waals surface area contributed by atoms with E-state index in [1.54, 1.807) is 7.05 Å². The van der Waals surface area contributed by atoms with Crippen LogP contribution < -0.4 is 5.32 Å². The normalized spacial score (nSPS) is 32.2. The van der Waals surface area contributed by atoms with Crippen molar-refractivity contribution in [2.45, 2.75) is 12.1 Å². The van der Waals surface area contributed by atoms with Crippen LogP contribution in [0.3, 0.4) is 0 Å². The zero-order chi connectivity index (χ0) is 7.72. The Morgan fingerprint density at radius 3 is 2.30 bits per heavy atom. The Bertz CT molecular complexity index is 158. The van der Waals surface area contributed by atoms with Gasteiger partial charge in [-0.2, -0.15) is 0 Å². The van der Waals surface area contributed by atoms with Gasteiger partial charge in [0, 0.05) is 7.11 Å². The van der Waals surface area contributed by atoms with Crippen molar-refractivity contribution in [3.05, 3.63) is 0 Å². The zero-order valence-electron chi connectivity index (χ0n) is 5.88. The second kappa shape index (κ2) is 2.48. The SMILES string of the molecule is CNC1C(=O)C(=O)C1OC. The lowest BCUT2D eigenvalue weighted by molar-refractivity contribution is -0.156. The number of hydrogen-bond donors (Lipinski definition) is 1. The Labute approximate surface area is 58.5 Å². The van der Waals surface area contributed by atoms with E-state index >= 15 is 0 Å². The first-order valence-corrected chi connectivity index (χ1v) is 3.00. The predicted molar refractivity (Wildman–Crippen MR) is 33.7 cm³/mol. The van der Waals surface area contributed by atoms with Crippen molar-refractivity contribution < 1.29 is 14.3 Å². The third-order valence-electron chi connectivity index (χ3n) is 1.65. The molecule has 1 saturated carbocycles. The van der Waals surface area contributed by atoms with Crippen molar-refractivity contribution in [2.24, 2.45) is 0 Å². The molecule has 2 unspecified atom stereocenters. The minimum atomic E-state index is -0.558. The van der Waals surface area contributed by atoms with E-state index in [0.717, 1.165) is 0 Å². The summed E-state index contributed by atoms with van der Waals surface area (Å²) < 4.78 is 4.74. The first kappa shape index (κ1) is 7.37. The van der Waals surface area contributed by atoms with Crippen LogP contribution in [0, 0.1) is 0 Å². The largest absolute Gasteiger partial charge is 0.371 e. The highest BCUT2D eigenvalue weighted by Gasteiger charge is 2.48. The first-order chi connectivity index (χ1) is 4.72. The third kappa shape index (κ3) is 0.767. The molecule has 0 aromatic heterocycles. The molecule has 2 atom stereocenters. The predicted octanol–water partition coefficient (Wildman–Crippen LogP) is -1.26. The molecule has 4 nitrogen and oxygen atoms in total. The van der Waals surface area contributed by atoms with Gasteiger partial charge < -0.3 is 10.1 Å². The molecule has 0 aromatic rings. The molecule has 0 amide bonds. The second-order valence-electron chi connectivity index (χ2n) is 2.15. The van der Waals surface area contributed by atoms with E-state index in [1.165, 1.54) is 7.11 Å². The van der Waals surface area contributed by atoms with Gasteiger partial charge in [0.1, 0.15) is 12.1 Å². The standard InChI is InChI=1S/C6H9NO3/c1-7-3-4(8)5(9)6(3)10-2/h3,6-7H,1-2H3. The minimum absolute atomic E-state index is 0.380. The summed E-state index contributed by atoms with van der Waals surface area (Å²) in [6.45, 7) is 0. The van der Waals surface area contributed by atoms with E-state index in [1.807, 2.05) is 0 Å². The van der Waals surface area contributed by atoms with Crippen LogP contribution in [0.15, 0.2) is 0 Å². The fraction of sp³-hybridized carbons (Fsp3) is 0.667. The number of nitrogens with one attached hydrogen (secondary N) is 1. The van der Waals surface area contributed by atoms with Crippen LogP contribution >= 0.6 is 0 Å². The lowest BCUT2D eigenvalue weighted by Crippen LogP contribution is -2.63. The Morgan fingerprint density at radius 1 is 1.40 bits per heavy atom. The number of ether oxygens (including phenoxy) is 1. The third-order valence-corrected chi connectivity index (χ3v) is 1.65. The van der Waals surface area contributed by atoms with E-state index in [4.69, 9.17) is 4.74 Å². The topological polar surface area (TPSA) is 55.4 Å². The van der Waals surface area contributed by atoms with E-state index in [2.05, 4.69) is 5.32 Å². The van der Waals surface area contributed by atoms with Crippen LogP contribution in [0.1, 0.15) is 0 Å². The number of Topliss-reactive ketones (excluding diaryl/α,β-unsaturated/α-hetero) is 2. The summed E-state index contributed by atoms with van der Waals surface area (Å²) in [4.78, 5) is 21.3. The Balaban J connectivity index is 2.60. The minimum Gasteiger partial charge on any atom is -0.371 e. The number of carbonyl (C=O) groups excluding carboxylic acids is 2. The quantitative estimate of drug-likeness (QED) is 0.490. The maximum absolute atomic E-state index is 10.7. The van der Waals surface area contributed by atoms with Crippen LogP contribution in [-0.4, -0.2) is 37.9 Å². The summed E-state index contributed by atoms with van der Waals surface area (Å²) >= 11 is 0. The zero-order valence-corrected chi connectivity index (χ0v) is 5.88. The summed E-state index contributed by atoms with van der Waals surface area (Å²) in [5.74, 6) is -0.809. The Hall–Kier alpha value is -0.740. The molecule has 1 fully saturated rings.